The van der Waals surface area contributed by atoms with Gasteiger partial charge in [0.25, 0.3) is 0 Å². The van der Waals surface area contributed by atoms with E-state index >= 15 is 0 Å². The molecule has 0 fully saturated rings. The van der Waals surface area contributed by atoms with E-state index in [1.54, 1.807) is 6.26 Å². The van der Waals surface area contributed by atoms with Gasteiger partial charge < -0.3 is 14.2 Å². The molecule has 0 radical (unpaired) electrons. The Hall–Kier alpha value is -0.540. The minimum Gasteiger partial charge on any atom is -0.501 e. The first-order valence-electron chi connectivity index (χ1n) is 4.81. The first-order valence-corrected chi connectivity index (χ1v) is 4.81. The Kier molecular flexibility index (Phi) is 9.15. The van der Waals surface area contributed by atoms with E-state index in [0.29, 0.717) is 0 Å². The average Bonchev–Trinajstić information content (AvgIpc) is 2.61. The summed E-state index contributed by atoms with van der Waals surface area (Å²) in [5.74, 6) is 0. The number of hydrogen-bond donors (Lipinski definition) is 0. The second kappa shape index (κ2) is 9.55. The predicted octanol–water partition coefficient (Wildman–Crippen LogP) is 2.33. The molecule has 0 aliphatic carbocycles. The van der Waals surface area contributed by atoms with Crippen LogP contribution >= 0.6 is 0 Å². The van der Waals surface area contributed by atoms with Crippen molar-refractivity contribution in [1.29, 1.82) is 0 Å². The maximum Gasteiger partial charge on any atom is 0.154 e. The van der Waals surface area contributed by atoms with E-state index in [9.17, 15) is 0 Å². The molecule has 3 nitrogen and oxygen atoms in total. The topological polar surface area (TPSA) is 27.7 Å². The summed E-state index contributed by atoms with van der Waals surface area (Å²) >= 11 is 0. The summed E-state index contributed by atoms with van der Waals surface area (Å²) in [6, 6.07) is 0. The predicted molar refractivity (Wildman–Crippen MR) is 52.4 cm³/mol. The molecule has 0 unspecified atom stereocenters. The molecule has 1 aliphatic rings. The third-order valence-corrected chi connectivity index (χ3v) is 1.40. The summed E-state index contributed by atoms with van der Waals surface area (Å²) in [5.41, 5.74) is 0. The molecular weight excluding hydrogens is 168 g/mol. The summed E-state index contributed by atoms with van der Waals surface area (Å²) in [7, 11) is 0. The maximum atomic E-state index is 5.06. The van der Waals surface area contributed by atoms with Gasteiger partial charge in [-0.2, -0.15) is 0 Å². The van der Waals surface area contributed by atoms with Gasteiger partial charge in [-0.1, -0.05) is 0 Å². The van der Waals surface area contributed by atoms with Crippen LogP contribution in [0.1, 0.15) is 27.2 Å². The molecule has 0 aromatic carbocycles. The fourth-order valence-corrected chi connectivity index (χ4v) is 0.858. The Bertz CT molecular complexity index is 111. The molecule has 0 bridgehead atoms. The molecule has 0 atom stereocenters. The van der Waals surface area contributed by atoms with Crippen LogP contribution in [0.25, 0.3) is 0 Å². The lowest BCUT2D eigenvalue weighted by molar-refractivity contribution is -0.123. The second-order valence-corrected chi connectivity index (χ2v) is 2.51. The van der Waals surface area contributed by atoms with Crippen LogP contribution in [0.3, 0.4) is 0 Å². The summed E-state index contributed by atoms with van der Waals surface area (Å²) in [6.07, 6.45) is 4.81. The molecular formula is C10H20O3. The fraction of sp³-hybridized carbons (Fsp3) is 0.800. The number of rotatable bonds is 4. The van der Waals surface area contributed by atoms with E-state index in [1.807, 2.05) is 26.8 Å². The quantitative estimate of drug-likeness (QED) is 0.634. The zero-order valence-electron chi connectivity index (χ0n) is 8.79. The molecule has 0 spiro atoms. The molecule has 13 heavy (non-hydrogen) atoms. The van der Waals surface area contributed by atoms with E-state index in [1.165, 1.54) is 0 Å². The highest BCUT2D eigenvalue weighted by Gasteiger charge is 1.94. The van der Waals surface area contributed by atoms with Gasteiger partial charge in [0.2, 0.25) is 0 Å². The lowest BCUT2D eigenvalue weighted by Crippen LogP contribution is -2.11. The number of hydrogen-bond acceptors (Lipinski definition) is 3. The standard InChI is InChI=1S/C6H14O2.C4H6O/c1-4-7-6(3)8-5-2;1-2-4-5-3-1/h6H,4-5H2,1-3H3;1,3H,2,4H2. The Labute approximate surface area is 80.7 Å². The normalized spacial score (nSPS) is 13.8. The SMILES string of the molecule is C1=COCC1.CCOC(C)OCC. The summed E-state index contributed by atoms with van der Waals surface area (Å²) in [5, 5.41) is 0. The van der Waals surface area contributed by atoms with Crippen LogP contribution in [-0.2, 0) is 14.2 Å². The molecule has 0 saturated heterocycles. The Morgan fingerprint density at radius 1 is 1.31 bits per heavy atom. The van der Waals surface area contributed by atoms with Gasteiger partial charge in [0.05, 0.1) is 12.9 Å². The summed E-state index contributed by atoms with van der Waals surface area (Å²) < 4.78 is 14.9. The van der Waals surface area contributed by atoms with E-state index in [0.717, 1.165) is 26.2 Å². The van der Waals surface area contributed by atoms with Gasteiger partial charge in [0.15, 0.2) is 6.29 Å². The highest BCUT2D eigenvalue weighted by Crippen LogP contribution is 1.93. The molecule has 0 saturated carbocycles. The van der Waals surface area contributed by atoms with Gasteiger partial charge in [-0.25, -0.2) is 0 Å². The van der Waals surface area contributed by atoms with E-state index < -0.39 is 0 Å². The monoisotopic (exact) mass is 188 g/mol. The van der Waals surface area contributed by atoms with Gasteiger partial charge in [0.1, 0.15) is 0 Å². The highest BCUT2D eigenvalue weighted by molar-refractivity contribution is 4.78. The van der Waals surface area contributed by atoms with Gasteiger partial charge in [-0.3, -0.25) is 0 Å². The average molecular weight is 188 g/mol. The first-order chi connectivity index (χ1) is 6.31. The van der Waals surface area contributed by atoms with Crippen LogP contribution in [0.2, 0.25) is 0 Å². The van der Waals surface area contributed by atoms with Crippen LogP contribution in [0, 0.1) is 0 Å². The van der Waals surface area contributed by atoms with Crippen molar-refractivity contribution in [3.63, 3.8) is 0 Å². The largest absolute Gasteiger partial charge is 0.501 e. The second-order valence-electron chi connectivity index (χ2n) is 2.51. The maximum absolute atomic E-state index is 5.06. The Morgan fingerprint density at radius 2 is 1.92 bits per heavy atom. The third kappa shape index (κ3) is 9.37. The van der Waals surface area contributed by atoms with Crippen molar-refractivity contribution in [2.45, 2.75) is 33.5 Å². The highest BCUT2D eigenvalue weighted by atomic mass is 16.7. The zero-order chi connectivity index (χ0) is 9.94. The zero-order valence-corrected chi connectivity index (χ0v) is 8.79. The minimum absolute atomic E-state index is 0.0370. The smallest absolute Gasteiger partial charge is 0.154 e. The molecule has 0 aromatic rings. The fourth-order valence-electron chi connectivity index (χ4n) is 0.858. The number of ether oxygens (including phenoxy) is 3. The minimum atomic E-state index is -0.0370. The summed E-state index contributed by atoms with van der Waals surface area (Å²) in [4.78, 5) is 0. The Morgan fingerprint density at radius 3 is 2.15 bits per heavy atom. The van der Waals surface area contributed by atoms with Crippen molar-refractivity contribution in [3.05, 3.63) is 12.3 Å². The van der Waals surface area contributed by atoms with E-state index in [2.05, 4.69) is 0 Å². The van der Waals surface area contributed by atoms with Crippen LogP contribution in [0.5, 0.6) is 0 Å². The Balaban J connectivity index is 0.000000243. The van der Waals surface area contributed by atoms with Crippen LogP contribution in [-0.4, -0.2) is 26.1 Å². The third-order valence-electron chi connectivity index (χ3n) is 1.40. The molecule has 1 rings (SSSR count). The molecule has 0 amide bonds. The molecule has 1 heterocycles. The van der Waals surface area contributed by atoms with Gasteiger partial charge in [-0.05, 0) is 26.8 Å². The van der Waals surface area contributed by atoms with Crippen molar-refractivity contribution in [1.82, 2.24) is 0 Å². The molecule has 78 valence electrons. The lowest BCUT2D eigenvalue weighted by Gasteiger charge is -2.09. The summed E-state index contributed by atoms with van der Waals surface area (Å²) in [6.45, 7) is 8.14. The lowest BCUT2D eigenvalue weighted by atomic mass is 10.5. The van der Waals surface area contributed by atoms with E-state index in [-0.39, 0.29) is 6.29 Å². The van der Waals surface area contributed by atoms with Gasteiger partial charge >= 0.3 is 0 Å². The van der Waals surface area contributed by atoms with Gasteiger partial charge in [-0.15, -0.1) is 0 Å². The molecule has 3 heteroatoms. The van der Waals surface area contributed by atoms with Crippen LogP contribution in [0.4, 0.5) is 0 Å². The van der Waals surface area contributed by atoms with Crippen molar-refractivity contribution in [2.75, 3.05) is 19.8 Å². The molecule has 0 N–H and O–H groups in total. The molecule has 1 aliphatic heterocycles. The van der Waals surface area contributed by atoms with Gasteiger partial charge in [0, 0.05) is 19.6 Å². The van der Waals surface area contributed by atoms with E-state index in [4.69, 9.17) is 14.2 Å². The van der Waals surface area contributed by atoms with Crippen LogP contribution < -0.4 is 0 Å². The molecule has 0 aromatic heterocycles. The first kappa shape index (κ1) is 12.5. The van der Waals surface area contributed by atoms with Crippen molar-refractivity contribution >= 4 is 0 Å². The van der Waals surface area contributed by atoms with Crippen LogP contribution in [0.15, 0.2) is 12.3 Å². The van der Waals surface area contributed by atoms with Crippen molar-refractivity contribution < 1.29 is 14.2 Å². The van der Waals surface area contributed by atoms with Crippen molar-refractivity contribution in [3.8, 4) is 0 Å². The van der Waals surface area contributed by atoms with Crippen molar-refractivity contribution in [2.24, 2.45) is 0 Å².